The Hall–Kier alpha value is -1.69. The Morgan fingerprint density at radius 2 is 1.91 bits per heavy atom. The number of carbonyl (C=O) groups is 2. The first-order valence-electron chi connectivity index (χ1n) is 7.06. The van der Waals surface area contributed by atoms with E-state index in [1.54, 1.807) is 23.9 Å². The van der Waals surface area contributed by atoms with Crippen LogP contribution in [0.2, 0.25) is 0 Å². The molecular weight excluding hydrogens is 300 g/mol. The van der Waals surface area contributed by atoms with Crippen molar-refractivity contribution in [1.29, 1.82) is 0 Å². The molecule has 5 nitrogen and oxygen atoms in total. The number of hydrogen-bond donors (Lipinski definition) is 2. The van der Waals surface area contributed by atoms with Crippen LogP contribution < -0.4 is 11.1 Å². The molecule has 0 bridgehead atoms. The maximum atomic E-state index is 12.6. The van der Waals surface area contributed by atoms with Crippen LogP contribution in [0.1, 0.15) is 25.8 Å². The van der Waals surface area contributed by atoms with Crippen molar-refractivity contribution in [3.05, 3.63) is 29.8 Å². The summed E-state index contributed by atoms with van der Waals surface area (Å²) in [5.41, 5.74) is 6.40. The first-order chi connectivity index (χ1) is 10.3. The van der Waals surface area contributed by atoms with Crippen molar-refractivity contribution in [2.45, 2.75) is 31.7 Å². The normalized spacial score (nSPS) is 12.5. The number of ether oxygens (including phenoxy) is 1. The van der Waals surface area contributed by atoms with Gasteiger partial charge >= 0.3 is 5.97 Å². The predicted molar refractivity (Wildman–Crippen MR) is 90.8 cm³/mol. The molecule has 122 valence electrons. The summed E-state index contributed by atoms with van der Waals surface area (Å²) in [4.78, 5) is 24.4. The van der Waals surface area contributed by atoms with Crippen LogP contribution in [0.25, 0.3) is 0 Å². The largest absolute Gasteiger partial charge is 0.467 e. The lowest BCUT2D eigenvalue weighted by atomic mass is 9.83. The molecule has 1 unspecified atom stereocenters. The molecule has 22 heavy (non-hydrogen) atoms. The van der Waals surface area contributed by atoms with Crippen molar-refractivity contribution >= 4 is 29.3 Å². The van der Waals surface area contributed by atoms with E-state index in [0.29, 0.717) is 12.1 Å². The summed E-state index contributed by atoms with van der Waals surface area (Å²) in [6, 6.07) is 6.54. The van der Waals surface area contributed by atoms with E-state index in [2.05, 4.69) is 5.32 Å². The van der Waals surface area contributed by atoms with Crippen molar-refractivity contribution in [2.24, 2.45) is 0 Å². The fourth-order valence-corrected chi connectivity index (χ4v) is 2.47. The molecule has 1 aromatic carbocycles. The number of esters is 1. The lowest BCUT2D eigenvalue weighted by molar-refractivity contribution is -0.145. The van der Waals surface area contributed by atoms with Gasteiger partial charge in [0.1, 0.15) is 6.04 Å². The third-order valence-corrected chi connectivity index (χ3v) is 4.25. The molecule has 0 heterocycles. The maximum Gasteiger partial charge on any atom is 0.328 e. The van der Waals surface area contributed by atoms with Gasteiger partial charge in [-0.15, -0.1) is 0 Å². The highest BCUT2D eigenvalue weighted by Gasteiger charge is 2.33. The van der Waals surface area contributed by atoms with Crippen molar-refractivity contribution in [3.8, 4) is 0 Å². The van der Waals surface area contributed by atoms with Crippen LogP contribution in [0.4, 0.5) is 5.69 Å². The molecule has 0 aromatic heterocycles. The molecule has 0 saturated carbocycles. The Kier molecular flexibility index (Phi) is 6.74. The third-order valence-electron chi connectivity index (χ3n) is 3.60. The molecule has 1 amide bonds. The molecule has 0 fully saturated rings. The lowest BCUT2D eigenvalue weighted by Gasteiger charge is -2.27. The second-order valence-corrected chi connectivity index (χ2v) is 6.56. The number of nitrogens with one attached hydrogen (secondary N) is 1. The number of nitrogens with two attached hydrogens (primary N) is 1. The van der Waals surface area contributed by atoms with E-state index in [-0.39, 0.29) is 5.91 Å². The van der Waals surface area contributed by atoms with Gasteiger partial charge in [-0.1, -0.05) is 12.1 Å². The van der Waals surface area contributed by atoms with Crippen LogP contribution in [0.3, 0.4) is 0 Å². The minimum Gasteiger partial charge on any atom is -0.467 e. The molecule has 0 aliphatic rings. The van der Waals surface area contributed by atoms with E-state index in [4.69, 9.17) is 10.5 Å². The number of thioether (sulfide) groups is 1. The molecule has 0 spiro atoms. The average molecular weight is 324 g/mol. The van der Waals surface area contributed by atoms with Crippen LogP contribution in [0, 0.1) is 0 Å². The van der Waals surface area contributed by atoms with Gasteiger partial charge in [-0.3, -0.25) is 4.79 Å². The maximum absolute atomic E-state index is 12.6. The molecule has 0 radical (unpaired) electrons. The third kappa shape index (κ3) is 4.66. The summed E-state index contributed by atoms with van der Waals surface area (Å²) in [5.74, 6) is 0.131. The van der Waals surface area contributed by atoms with Gasteiger partial charge in [-0.05, 0) is 50.0 Å². The zero-order valence-electron chi connectivity index (χ0n) is 13.5. The Morgan fingerprint density at radius 3 is 2.41 bits per heavy atom. The second kappa shape index (κ2) is 8.08. The Labute approximate surface area is 136 Å². The van der Waals surface area contributed by atoms with Gasteiger partial charge in [-0.25, -0.2) is 4.79 Å². The quantitative estimate of drug-likeness (QED) is 0.592. The number of amides is 1. The van der Waals surface area contributed by atoms with Crippen molar-refractivity contribution in [2.75, 3.05) is 24.9 Å². The number of hydrogen-bond acceptors (Lipinski definition) is 5. The summed E-state index contributed by atoms with van der Waals surface area (Å²) in [6.45, 7) is 3.63. The van der Waals surface area contributed by atoms with Crippen LogP contribution >= 0.6 is 11.8 Å². The van der Waals surface area contributed by atoms with Crippen LogP contribution in [-0.4, -0.2) is 37.0 Å². The molecule has 1 rings (SSSR count). The standard InChI is InChI=1S/C16H24N2O3S/c1-16(2,11-5-7-12(17)8-6-11)15(20)18-13(9-10-22-4)14(19)21-3/h5-8,13H,9-10,17H2,1-4H3,(H,18,20). The molecular formula is C16H24N2O3S. The van der Waals surface area contributed by atoms with Crippen molar-refractivity contribution in [3.63, 3.8) is 0 Å². The van der Waals surface area contributed by atoms with Gasteiger partial charge in [0.2, 0.25) is 5.91 Å². The van der Waals surface area contributed by atoms with Gasteiger partial charge < -0.3 is 15.8 Å². The summed E-state index contributed by atoms with van der Waals surface area (Å²) < 4.78 is 4.76. The summed E-state index contributed by atoms with van der Waals surface area (Å²) in [5, 5.41) is 2.80. The number of nitrogen functional groups attached to an aromatic ring is 1. The second-order valence-electron chi connectivity index (χ2n) is 5.58. The lowest BCUT2D eigenvalue weighted by Crippen LogP contribution is -2.48. The van der Waals surface area contributed by atoms with E-state index in [1.807, 2.05) is 32.2 Å². The molecule has 6 heteroatoms. The predicted octanol–water partition coefficient (Wildman–Crippen LogP) is 1.96. The van der Waals surface area contributed by atoms with E-state index in [9.17, 15) is 9.59 Å². The highest BCUT2D eigenvalue weighted by Crippen LogP contribution is 2.24. The minimum absolute atomic E-state index is 0.214. The van der Waals surface area contributed by atoms with Gasteiger partial charge in [0.25, 0.3) is 0 Å². The number of rotatable bonds is 7. The number of benzene rings is 1. The molecule has 0 aliphatic heterocycles. The number of carbonyl (C=O) groups excluding carboxylic acids is 2. The highest BCUT2D eigenvalue weighted by atomic mass is 32.2. The first-order valence-corrected chi connectivity index (χ1v) is 8.46. The summed E-state index contributed by atoms with van der Waals surface area (Å²) >= 11 is 1.62. The Morgan fingerprint density at radius 1 is 1.32 bits per heavy atom. The van der Waals surface area contributed by atoms with Gasteiger partial charge in [-0.2, -0.15) is 11.8 Å². The van der Waals surface area contributed by atoms with E-state index < -0.39 is 17.4 Å². The summed E-state index contributed by atoms with van der Waals surface area (Å²) in [6.07, 6.45) is 2.49. The van der Waals surface area contributed by atoms with E-state index in [0.717, 1.165) is 11.3 Å². The summed E-state index contributed by atoms with van der Waals surface area (Å²) in [7, 11) is 1.33. The molecule has 1 aromatic rings. The van der Waals surface area contributed by atoms with Crippen LogP contribution in [0.5, 0.6) is 0 Å². The molecule has 0 saturated heterocycles. The molecule has 1 atom stereocenters. The van der Waals surface area contributed by atoms with Gasteiger partial charge in [0.15, 0.2) is 0 Å². The fraction of sp³-hybridized carbons (Fsp3) is 0.500. The van der Waals surface area contributed by atoms with Crippen molar-refractivity contribution < 1.29 is 14.3 Å². The highest BCUT2D eigenvalue weighted by molar-refractivity contribution is 7.98. The average Bonchev–Trinajstić information content (AvgIpc) is 2.50. The monoisotopic (exact) mass is 324 g/mol. The SMILES string of the molecule is COC(=O)C(CCSC)NC(=O)C(C)(C)c1ccc(N)cc1. The Balaban J connectivity index is 2.87. The van der Waals surface area contributed by atoms with E-state index >= 15 is 0 Å². The van der Waals surface area contributed by atoms with E-state index in [1.165, 1.54) is 7.11 Å². The number of anilines is 1. The van der Waals surface area contributed by atoms with Gasteiger partial charge in [0, 0.05) is 5.69 Å². The van der Waals surface area contributed by atoms with Crippen LogP contribution in [-0.2, 0) is 19.7 Å². The molecule has 0 aliphatic carbocycles. The van der Waals surface area contributed by atoms with Crippen molar-refractivity contribution in [1.82, 2.24) is 5.32 Å². The Bertz CT molecular complexity index is 515. The minimum atomic E-state index is -0.765. The smallest absolute Gasteiger partial charge is 0.328 e. The zero-order chi connectivity index (χ0) is 16.8. The molecule has 3 N–H and O–H groups in total. The number of methoxy groups -OCH3 is 1. The van der Waals surface area contributed by atoms with Crippen LogP contribution in [0.15, 0.2) is 24.3 Å². The first kappa shape index (κ1) is 18.4. The van der Waals surface area contributed by atoms with Gasteiger partial charge in [0.05, 0.1) is 12.5 Å². The zero-order valence-corrected chi connectivity index (χ0v) is 14.3. The fourth-order valence-electron chi connectivity index (χ4n) is 2.00. The topological polar surface area (TPSA) is 81.4 Å².